The maximum Gasteiger partial charge on any atom is 0.444 e. The van der Waals surface area contributed by atoms with Gasteiger partial charge in [0, 0.05) is 23.2 Å². The normalized spacial score (nSPS) is 12.2. The van der Waals surface area contributed by atoms with Crippen LogP contribution in [-0.4, -0.2) is 22.5 Å². The van der Waals surface area contributed by atoms with Crippen molar-refractivity contribution in [2.75, 3.05) is 6.67 Å². The molecule has 0 radical (unpaired) electrons. The second-order valence-corrected chi connectivity index (χ2v) is 4.08. The van der Waals surface area contributed by atoms with Gasteiger partial charge in [0.05, 0.1) is 11.0 Å². The smallest absolute Gasteiger partial charge is 0.339 e. The summed E-state index contributed by atoms with van der Waals surface area (Å²) in [6.45, 7) is -1.88. The molecule has 0 fully saturated rings. The van der Waals surface area contributed by atoms with E-state index >= 15 is 0 Å². The number of para-hydroxylation sites is 1. The van der Waals surface area contributed by atoms with Gasteiger partial charge in [-0.2, -0.15) is 13.5 Å². The van der Waals surface area contributed by atoms with Crippen LogP contribution in [-0.2, 0) is 0 Å². The van der Waals surface area contributed by atoms with Crippen molar-refractivity contribution in [3.05, 3.63) is 42.7 Å². The Hall–Kier alpha value is -2.24. The summed E-state index contributed by atoms with van der Waals surface area (Å²) in [5.74, 6) is 0. The van der Waals surface area contributed by atoms with Gasteiger partial charge in [0.15, 0.2) is 6.67 Å². The van der Waals surface area contributed by atoms with Gasteiger partial charge in [0.2, 0.25) is 0 Å². The Morgan fingerprint density at radius 2 is 2.00 bits per heavy atom. The first kappa shape index (κ1) is 11.8. The second-order valence-electron chi connectivity index (χ2n) is 4.08. The fraction of sp³-hybridized carbons (Fsp3) is 0.154. The Bertz CT molecular complexity index is 739. The molecule has 0 aliphatic heterocycles. The van der Waals surface area contributed by atoms with Gasteiger partial charge in [-0.25, -0.2) is 4.39 Å². The SMILES string of the molecule is FCC(F)(F)On1ccc2cnc3ccccc3c21. The lowest BCUT2D eigenvalue weighted by Gasteiger charge is -2.15. The van der Waals surface area contributed by atoms with Crippen LogP contribution < -0.4 is 4.84 Å². The van der Waals surface area contributed by atoms with Crippen LogP contribution in [0.1, 0.15) is 0 Å². The lowest BCUT2D eigenvalue weighted by molar-refractivity contribution is -0.243. The first-order valence-electron chi connectivity index (χ1n) is 5.59. The van der Waals surface area contributed by atoms with Gasteiger partial charge in [-0.1, -0.05) is 18.2 Å². The quantitative estimate of drug-likeness (QED) is 0.728. The van der Waals surface area contributed by atoms with Gasteiger partial charge < -0.3 is 4.84 Å². The van der Waals surface area contributed by atoms with Crippen LogP contribution in [0.4, 0.5) is 13.2 Å². The molecule has 6 heteroatoms. The molecule has 0 saturated heterocycles. The van der Waals surface area contributed by atoms with E-state index < -0.39 is 12.8 Å². The lowest BCUT2D eigenvalue weighted by atomic mass is 10.2. The van der Waals surface area contributed by atoms with E-state index in [1.54, 1.807) is 36.5 Å². The first-order chi connectivity index (χ1) is 9.11. The monoisotopic (exact) mass is 266 g/mol. The summed E-state index contributed by atoms with van der Waals surface area (Å²) < 4.78 is 39.1. The lowest BCUT2D eigenvalue weighted by Crippen LogP contribution is -2.33. The molecule has 98 valence electrons. The van der Waals surface area contributed by atoms with E-state index in [2.05, 4.69) is 9.82 Å². The molecule has 0 N–H and O–H groups in total. The molecule has 1 aromatic carbocycles. The van der Waals surface area contributed by atoms with E-state index in [0.717, 1.165) is 4.73 Å². The van der Waals surface area contributed by atoms with Crippen LogP contribution in [0.2, 0.25) is 0 Å². The van der Waals surface area contributed by atoms with Crippen LogP contribution in [0.15, 0.2) is 42.7 Å². The Labute approximate surface area is 106 Å². The number of halogens is 3. The number of fused-ring (bicyclic) bond motifs is 3. The number of pyridine rings is 1. The van der Waals surface area contributed by atoms with Crippen molar-refractivity contribution in [1.82, 2.24) is 9.71 Å². The summed E-state index contributed by atoms with van der Waals surface area (Å²) >= 11 is 0. The predicted octanol–water partition coefficient (Wildman–Crippen LogP) is 3.18. The number of nitrogens with zero attached hydrogens (tertiary/aromatic N) is 2. The van der Waals surface area contributed by atoms with E-state index in [-0.39, 0.29) is 0 Å². The summed E-state index contributed by atoms with van der Waals surface area (Å²) in [6.07, 6.45) is -0.968. The fourth-order valence-corrected chi connectivity index (χ4v) is 1.98. The maximum absolute atomic E-state index is 13.0. The molecular weight excluding hydrogens is 257 g/mol. The minimum atomic E-state index is -3.85. The van der Waals surface area contributed by atoms with Gasteiger partial charge in [-0.05, 0) is 12.1 Å². The van der Waals surface area contributed by atoms with E-state index in [4.69, 9.17) is 0 Å². The molecule has 0 spiro atoms. The van der Waals surface area contributed by atoms with Crippen molar-refractivity contribution in [3.63, 3.8) is 0 Å². The molecule has 0 atom stereocenters. The minimum absolute atomic E-state index is 0.443. The van der Waals surface area contributed by atoms with Gasteiger partial charge >= 0.3 is 6.11 Å². The standard InChI is InChI=1S/C13H9F3N2O/c14-8-13(15,16)19-18-6-5-9-7-17-11-4-2-1-3-10(11)12(9)18/h1-7H,8H2. The third-order valence-corrected chi connectivity index (χ3v) is 2.77. The van der Waals surface area contributed by atoms with Crippen molar-refractivity contribution >= 4 is 21.8 Å². The van der Waals surface area contributed by atoms with Gasteiger partial charge in [0.1, 0.15) is 0 Å². The van der Waals surface area contributed by atoms with Crippen molar-refractivity contribution in [1.29, 1.82) is 0 Å². The van der Waals surface area contributed by atoms with Crippen LogP contribution in [0, 0.1) is 0 Å². The van der Waals surface area contributed by atoms with E-state index in [0.29, 0.717) is 21.8 Å². The van der Waals surface area contributed by atoms with Crippen LogP contribution in [0.3, 0.4) is 0 Å². The number of hydrogen-bond donors (Lipinski definition) is 0. The third-order valence-electron chi connectivity index (χ3n) is 2.77. The number of alkyl halides is 3. The first-order valence-corrected chi connectivity index (χ1v) is 5.59. The second kappa shape index (κ2) is 4.15. The Morgan fingerprint density at radius 3 is 2.79 bits per heavy atom. The number of rotatable bonds is 3. The van der Waals surface area contributed by atoms with Gasteiger partial charge in [0.25, 0.3) is 0 Å². The van der Waals surface area contributed by atoms with Crippen molar-refractivity contribution < 1.29 is 18.0 Å². The molecular formula is C13H9F3N2O. The fourth-order valence-electron chi connectivity index (χ4n) is 1.98. The molecule has 0 saturated carbocycles. The van der Waals surface area contributed by atoms with E-state index in [1.165, 1.54) is 6.20 Å². The topological polar surface area (TPSA) is 27.1 Å². The average molecular weight is 266 g/mol. The molecule has 19 heavy (non-hydrogen) atoms. The zero-order valence-corrected chi connectivity index (χ0v) is 9.69. The van der Waals surface area contributed by atoms with E-state index in [9.17, 15) is 13.2 Å². The molecule has 3 rings (SSSR count). The summed E-state index contributed by atoms with van der Waals surface area (Å²) in [7, 11) is 0. The Morgan fingerprint density at radius 1 is 1.21 bits per heavy atom. The zero-order valence-electron chi connectivity index (χ0n) is 9.69. The molecule has 0 amide bonds. The predicted molar refractivity (Wildman–Crippen MR) is 64.7 cm³/mol. The highest BCUT2D eigenvalue weighted by Gasteiger charge is 2.33. The molecule has 0 aliphatic carbocycles. The highest BCUT2D eigenvalue weighted by molar-refractivity contribution is 6.03. The molecule has 2 heterocycles. The van der Waals surface area contributed by atoms with Crippen LogP contribution in [0.5, 0.6) is 0 Å². The summed E-state index contributed by atoms with van der Waals surface area (Å²) in [6, 6.07) is 8.67. The number of hydrogen-bond acceptors (Lipinski definition) is 2. The zero-order chi connectivity index (χ0) is 13.5. The summed E-state index contributed by atoms with van der Waals surface area (Å²) in [5, 5.41) is 1.31. The van der Waals surface area contributed by atoms with Crippen molar-refractivity contribution in [3.8, 4) is 0 Å². The summed E-state index contributed by atoms with van der Waals surface area (Å²) in [4.78, 5) is 8.60. The highest BCUT2D eigenvalue weighted by atomic mass is 19.3. The summed E-state index contributed by atoms with van der Waals surface area (Å²) in [5.41, 5.74) is 1.10. The van der Waals surface area contributed by atoms with Crippen LogP contribution in [0.25, 0.3) is 21.8 Å². The van der Waals surface area contributed by atoms with E-state index in [1.807, 2.05) is 0 Å². The van der Waals surface area contributed by atoms with Gasteiger partial charge in [-0.3, -0.25) is 4.98 Å². The maximum atomic E-state index is 13.0. The number of aromatic nitrogens is 2. The molecule has 0 bridgehead atoms. The van der Waals surface area contributed by atoms with Gasteiger partial charge in [-0.15, -0.1) is 0 Å². The minimum Gasteiger partial charge on any atom is -0.339 e. The Kier molecular flexibility index (Phi) is 2.58. The third kappa shape index (κ3) is 1.99. The van der Waals surface area contributed by atoms with Crippen molar-refractivity contribution in [2.24, 2.45) is 0 Å². The molecule has 3 nitrogen and oxygen atoms in total. The number of benzene rings is 1. The Balaban J connectivity index is 2.23. The molecule has 2 aromatic heterocycles. The molecule has 3 aromatic rings. The molecule has 0 unspecified atom stereocenters. The highest BCUT2D eigenvalue weighted by Crippen LogP contribution is 2.25. The molecule has 0 aliphatic rings. The average Bonchev–Trinajstić information content (AvgIpc) is 2.82. The largest absolute Gasteiger partial charge is 0.444 e. The van der Waals surface area contributed by atoms with Crippen molar-refractivity contribution in [2.45, 2.75) is 6.11 Å². The van der Waals surface area contributed by atoms with Crippen LogP contribution >= 0.6 is 0 Å².